The van der Waals surface area contributed by atoms with Gasteiger partial charge in [0.1, 0.15) is 0 Å². The summed E-state index contributed by atoms with van der Waals surface area (Å²) >= 11 is 0. The lowest BCUT2D eigenvalue weighted by Gasteiger charge is -2.31. The second-order valence-electron chi connectivity index (χ2n) is 8.15. The van der Waals surface area contributed by atoms with Crippen LogP contribution < -0.4 is 5.32 Å². The average Bonchev–Trinajstić information content (AvgIpc) is 3.17. The van der Waals surface area contributed by atoms with Gasteiger partial charge < -0.3 is 20.0 Å². The lowest BCUT2D eigenvalue weighted by molar-refractivity contribution is -0.133. The Morgan fingerprint density at radius 3 is 2.59 bits per heavy atom. The van der Waals surface area contributed by atoms with Crippen LogP contribution in [0.3, 0.4) is 0 Å². The molecule has 2 heterocycles. The molecule has 6 heteroatoms. The summed E-state index contributed by atoms with van der Waals surface area (Å²) in [6.45, 7) is 7.47. The first-order valence-corrected chi connectivity index (χ1v) is 9.94. The monoisotopic (exact) mass is 372 g/mol. The van der Waals surface area contributed by atoms with E-state index in [4.69, 9.17) is 0 Å². The molecule has 27 heavy (non-hydrogen) atoms. The molecule has 0 unspecified atom stereocenters. The Labute approximate surface area is 162 Å². The van der Waals surface area contributed by atoms with Gasteiger partial charge in [-0.25, -0.2) is 4.79 Å². The van der Waals surface area contributed by atoms with E-state index in [1.54, 1.807) is 0 Å². The number of carbonyl (C=O) groups is 2. The van der Waals surface area contributed by atoms with E-state index < -0.39 is 0 Å². The number of likely N-dealkylation sites (tertiary alicyclic amines) is 2. The van der Waals surface area contributed by atoms with Gasteiger partial charge in [0.05, 0.1) is 12.6 Å². The Morgan fingerprint density at radius 2 is 1.93 bits per heavy atom. The molecule has 0 spiro atoms. The van der Waals surface area contributed by atoms with Crippen molar-refractivity contribution in [3.05, 3.63) is 35.4 Å². The number of fused-ring (bicyclic) bond motifs is 1. The minimum absolute atomic E-state index is 0.0287. The van der Waals surface area contributed by atoms with E-state index in [1.807, 2.05) is 36.0 Å². The van der Waals surface area contributed by atoms with Crippen LogP contribution in [-0.2, 0) is 4.79 Å². The summed E-state index contributed by atoms with van der Waals surface area (Å²) < 4.78 is 0. The van der Waals surface area contributed by atoms with Gasteiger partial charge in [-0.2, -0.15) is 0 Å². The summed E-state index contributed by atoms with van der Waals surface area (Å²) in [4.78, 5) is 31.3. The second-order valence-corrected chi connectivity index (χ2v) is 8.15. The van der Waals surface area contributed by atoms with Crippen LogP contribution in [0.15, 0.2) is 24.3 Å². The van der Waals surface area contributed by atoms with Crippen molar-refractivity contribution in [3.63, 3.8) is 0 Å². The summed E-state index contributed by atoms with van der Waals surface area (Å²) in [6.07, 6.45) is 0.936. The quantitative estimate of drug-likeness (QED) is 0.861. The number of carbonyl (C=O) groups excluding carboxylic acids is 2. The normalized spacial score (nSPS) is 24.4. The topological polar surface area (TPSA) is 55.9 Å². The number of aryl methyl sites for hydroxylation is 1. The first kappa shape index (κ1) is 19.7. The number of rotatable bonds is 5. The predicted octanol–water partition coefficient (Wildman–Crippen LogP) is 2.11. The summed E-state index contributed by atoms with van der Waals surface area (Å²) in [7, 11) is 3.86. The maximum Gasteiger partial charge on any atom is 0.317 e. The molecule has 148 valence electrons. The number of urea groups is 1. The molecule has 2 aliphatic rings. The van der Waals surface area contributed by atoms with Gasteiger partial charge in [0.2, 0.25) is 5.91 Å². The van der Waals surface area contributed by atoms with Crippen LogP contribution in [0.1, 0.15) is 30.5 Å². The standard InChI is InChI=1S/C21H32N4O2/c1-5-10-22-21(27)24-11-16-12-25(19(26)14-23(3)4)20(18(16)13-24)17-9-7-6-8-15(17)2/h6-9,16,18,20H,5,10-14H2,1-4H3,(H,22,27)/t16-,18-,20+/m1/s1. The molecule has 2 saturated heterocycles. The van der Waals surface area contributed by atoms with Crippen molar-refractivity contribution in [2.45, 2.75) is 26.3 Å². The molecule has 3 rings (SSSR count). The highest BCUT2D eigenvalue weighted by atomic mass is 16.2. The fourth-order valence-corrected chi connectivity index (χ4v) is 4.49. The van der Waals surface area contributed by atoms with E-state index >= 15 is 0 Å². The van der Waals surface area contributed by atoms with E-state index in [0.717, 1.165) is 19.5 Å². The lowest BCUT2D eigenvalue weighted by atomic mass is 9.87. The van der Waals surface area contributed by atoms with Gasteiger partial charge in [0.15, 0.2) is 0 Å². The minimum Gasteiger partial charge on any atom is -0.338 e. The second kappa shape index (κ2) is 8.30. The molecule has 0 aromatic heterocycles. The highest BCUT2D eigenvalue weighted by Gasteiger charge is 2.50. The number of hydrogen-bond acceptors (Lipinski definition) is 3. The summed E-state index contributed by atoms with van der Waals surface area (Å²) in [5.74, 6) is 0.808. The van der Waals surface area contributed by atoms with Gasteiger partial charge in [-0.1, -0.05) is 31.2 Å². The van der Waals surface area contributed by atoms with E-state index in [0.29, 0.717) is 31.5 Å². The number of amides is 3. The smallest absolute Gasteiger partial charge is 0.317 e. The van der Waals surface area contributed by atoms with Crippen LogP contribution in [-0.4, -0.2) is 73.5 Å². The van der Waals surface area contributed by atoms with E-state index in [9.17, 15) is 9.59 Å². The summed E-state index contributed by atoms with van der Waals surface area (Å²) in [6, 6.07) is 8.41. The van der Waals surface area contributed by atoms with Crippen molar-refractivity contribution < 1.29 is 9.59 Å². The molecule has 2 fully saturated rings. The maximum atomic E-state index is 12.9. The SMILES string of the molecule is CCCNC(=O)N1C[C@@H]2CN(C(=O)CN(C)C)[C@@H](c3ccccc3C)[C@@H]2C1. The van der Waals surface area contributed by atoms with Crippen LogP contribution in [0.25, 0.3) is 0 Å². The van der Waals surface area contributed by atoms with Crippen molar-refractivity contribution in [2.75, 3.05) is 46.8 Å². The third kappa shape index (κ3) is 4.10. The Morgan fingerprint density at radius 1 is 1.19 bits per heavy atom. The van der Waals surface area contributed by atoms with Gasteiger partial charge in [-0.15, -0.1) is 0 Å². The van der Waals surface area contributed by atoms with Gasteiger partial charge >= 0.3 is 6.03 Å². The number of nitrogens with zero attached hydrogens (tertiary/aromatic N) is 3. The molecule has 3 amide bonds. The van der Waals surface area contributed by atoms with E-state index in [1.165, 1.54) is 11.1 Å². The number of hydrogen-bond donors (Lipinski definition) is 1. The Balaban J connectivity index is 1.83. The van der Waals surface area contributed by atoms with Crippen molar-refractivity contribution in [2.24, 2.45) is 11.8 Å². The molecule has 6 nitrogen and oxygen atoms in total. The fraction of sp³-hybridized carbons (Fsp3) is 0.619. The molecule has 0 bridgehead atoms. The van der Waals surface area contributed by atoms with Crippen LogP contribution in [0.4, 0.5) is 4.79 Å². The minimum atomic E-state index is 0.0287. The molecule has 1 N–H and O–H groups in total. The molecular weight excluding hydrogens is 340 g/mol. The molecular formula is C21H32N4O2. The van der Waals surface area contributed by atoms with Crippen molar-refractivity contribution >= 4 is 11.9 Å². The van der Waals surface area contributed by atoms with Gasteiger partial charge in [0.25, 0.3) is 0 Å². The molecule has 3 atom stereocenters. The molecule has 0 radical (unpaired) electrons. The highest BCUT2D eigenvalue weighted by Crippen LogP contribution is 2.45. The zero-order valence-electron chi connectivity index (χ0n) is 16.9. The predicted molar refractivity (Wildman–Crippen MR) is 106 cm³/mol. The molecule has 1 aromatic carbocycles. The van der Waals surface area contributed by atoms with Crippen LogP contribution in [0.2, 0.25) is 0 Å². The fourth-order valence-electron chi connectivity index (χ4n) is 4.49. The largest absolute Gasteiger partial charge is 0.338 e. The summed E-state index contributed by atoms with van der Waals surface area (Å²) in [5.41, 5.74) is 2.42. The van der Waals surface area contributed by atoms with E-state index in [2.05, 4.69) is 36.2 Å². The van der Waals surface area contributed by atoms with Gasteiger partial charge in [-0.3, -0.25) is 4.79 Å². The lowest BCUT2D eigenvalue weighted by Crippen LogP contribution is -2.43. The maximum absolute atomic E-state index is 12.9. The number of benzene rings is 1. The zero-order chi connectivity index (χ0) is 19.6. The molecule has 0 aliphatic carbocycles. The Hall–Kier alpha value is -2.08. The average molecular weight is 373 g/mol. The molecule has 1 aromatic rings. The van der Waals surface area contributed by atoms with Crippen molar-refractivity contribution in [3.8, 4) is 0 Å². The first-order chi connectivity index (χ1) is 12.9. The number of nitrogens with one attached hydrogen (secondary N) is 1. The van der Waals surface area contributed by atoms with Gasteiger partial charge in [-0.05, 0) is 38.6 Å². The van der Waals surface area contributed by atoms with Crippen LogP contribution >= 0.6 is 0 Å². The third-order valence-electron chi connectivity index (χ3n) is 5.76. The zero-order valence-corrected chi connectivity index (χ0v) is 16.9. The van der Waals surface area contributed by atoms with Gasteiger partial charge in [0, 0.05) is 38.0 Å². The summed E-state index contributed by atoms with van der Waals surface area (Å²) in [5, 5.41) is 2.99. The Bertz CT molecular complexity index is 691. The highest BCUT2D eigenvalue weighted by molar-refractivity contribution is 5.79. The van der Waals surface area contributed by atoms with Crippen molar-refractivity contribution in [1.82, 2.24) is 20.0 Å². The van der Waals surface area contributed by atoms with Crippen LogP contribution in [0.5, 0.6) is 0 Å². The number of likely N-dealkylation sites (N-methyl/N-ethyl adjacent to an activating group) is 1. The van der Waals surface area contributed by atoms with Crippen LogP contribution in [0, 0.1) is 18.8 Å². The van der Waals surface area contributed by atoms with Crippen molar-refractivity contribution in [1.29, 1.82) is 0 Å². The molecule has 0 saturated carbocycles. The first-order valence-electron chi connectivity index (χ1n) is 9.94. The third-order valence-corrected chi connectivity index (χ3v) is 5.76. The van der Waals surface area contributed by atoms with E-state index in [-0.39, 0.29) is 18.0 Å². The molecule has 2 aliphatic heterocycles. The Kier molecular flexibility index (Phi) is 6.05.